The van der Waals surface area contributed by atoms with Crippen LogP contribution in [0, 0.1) is 10.1 Å². The number of piperazine rings is 1. The van der Waals surface area contributed by atoms with Gasteiger partial charge in [-0.3, -0.25) is 15.1 Å². The van der Waals surface area contributed by atoms with E-state index in [9.17, 15) is 18.5 Å². The van der Waals surface area contributed by atoms with Gasteiger partial charge in [0.15, 0.2) is 0 Å². The number of hydrogen-bond acceptors (Lipinski definition) is 7. The molecule has 138 valence electrons. The van der Waals surface area contributed by atoms with Crippen molar-refractivity contribution in [2.45, 2.75) is 10.9 Å². The molecule has 9 nitrogen and oxygen atoms in total. The van der Waals surface area contributed by atoms with Crippen LogP contribution in [0.3, 0.4) is 0 Å². The lowest BCUT2D eigenvalue weighted by molar-refractivity contribution is -0.385. The van der Waals surface area contributed by atoms with Crippen LogP contribution >= 0.6 is 0 Å². The fourth-order valence-electron chi connectivity index (χ4n) is 2.94. The van der Waals surface area contributed by atoms with Crippen molar-refractivity contribution in [3.8, 4) is 5.75 Å². The first kappa shape index (κ1) is 18.2. The molecule has 10 heteroatoms. The lowest BCUT2D eigenvalue weighted by Gasteiger charge is -2.35. The number of sulfonamides is 1. The van der Waals surface area contributed by atoms with Gasteiger partial charge in [-0.15, -0.1) is 0 Å². The van der Waals surface area contributed by atoms with E-state index in [4.69, 9.17) is 4.74 Å². The molecular formula is C16H18N4O5S. The molecule has 0 amide bonds. The lowest BCUT2D eigenvalue weighted by Crippen LogP contribution is -2.48. The summed E-state index contributed by atoms with van der Waals surface area (Å²) in [5.41, 5.74) is 0.536. The molecule has 1 aliphatic rings. The average Bonchev–Trinajstić information content (AvgIpc) is 2.68. The molecule has 1 atom stereocenters. The maximum atomic E-state index is 13.3. The third-order valence-electron chi connectivity index (χ3n) is 4.21. The van der Waals surface area contributed by atoms with Gasteiger partial charge in [0.2, 0.25) is 10.0 Å². The average molecular weight is 378 g/mol. The van der Waals surface area contributed by atoms with Gasteiger partial charge >= 0.3 is 0 Å². The minimum Gasteiger partial charge on any atom is -0.495 e. The first-order valence-corrected chi connectivity index (χ1v) is 9.34. The first-order chi connectivity index (χ1) is 12.4. The number of nitrogens with one attached hydrogen (secondary N) is 1. The van der Waals surface area contributed by atoms with Crippen LogP contribution in [-0.4, -0.2) is 49.4 Å². The smallest absolute Gasteiger partial charge is 0.273 e. The van der Waals surface area contributed by atoms with Gasteiger partial charge in [-0.25, -0.2) is 8.42 Å². The zero-order chi connectivity index (χ0) is 18.7. The molecule has 2 aromatic rings. The number of methoxy groups -OCH3 is 1. The monoisotopic (exact) mass is 378 g/mol. The zero-order valence-electron chi connectivity index (χ0n) is 14.0. The minimum absolute atomic E-state index is 0.0531. The van der Waals surface area contributed by atoms with Crippen LogP contribution in [0.15, 0.2) is 47.6 Å². The Labute approximate surface area is 150 Å². The lowest BCUT2D eigenvalue weighted by atomic mass is 10.1. The van der Waals surface area contributed by atoms with E-state index in [0.717, 1.165) is 17.7 Å². The van der Waals surface area contributed by atoms with Crippen LogP contribution < -0.4 is 10.1 Å². The summed E-state index contributed by atoms with van der Waals surface area (Å²) in [6, 6.07) is 6.64. The van der Waals surface area contributed by atoms with E-state index in [1.165, 1.54) is 17.5 Å². The molecule has 1 aromatic heterocycles. The summed E-state index contributed by atoms with van der Waals surface area (Å²) in [6.45, 7) is 1.22. The Hall–Kier alpha value is -2.56. The Morgan fingerprint density at radius 2 is 2.19 bits per heavy atom. The van der Waals surface area contributed by atoms with E-state index in [-0.39, 0.29) is 22.9 Å². The molecule has 3 rings (SSSR count). The normalized spacial score (nSPS) is 18.4. The fourth-order valence-corrected chi connectivity index (χ4v) is 4.69. The second-order valence-electron chi connectivity index (χ2n) is 5.71. The molecule has 0 saturated carbocycles. The summed E-state index contributed by atoms with van der Waals surface area (Å²) in [6.07, 6.45) is 3.26. The van der Waals surface area contributed by atoms with Crippen molar-refractivity contribution in [1.82, 2.24) is 14.6 Å². The van der Waals surface area contributed by atoms with Crippen LogP contribution in [0.5, 0.6) is 5.75 Å². The largest absolute Gasteiger partial charge is 0.495 e. The second kappa shape index (κ2) is 7.36. The highest BCUT2D eigenvalue weighted by Crippen LogP contribution is 2.34. The van der Waals surface area contributed by atoms with E-state index in [1.54, 1.807) is 18.5 Å². The quantitative estimate of drug-likeness (QED) is 0.616. The first-order valence-electron chi connectivity index (χ1n) is 7.90. The zero-order valence-corrected chi connectivity index (χ0v) is 14.8. The third-order valence-corrected chi connectivity index (χ3v) is 6.16. The van der Waals surface area contributed by atoms with Gasteiger partial charge in [0.1, 0.15) is 10.6 Å². The summed E-state index contributed by atoms with van der Waals surface area (Å²) >= 11 is 0. The summed E-state index contributed by atoms with van der Waals surface area (Å²) in [5, 5.41) is 14.1. The summed E-state index contributed by atoms with van der Waals surface area (Å²) < 4.78 is 33.0. The van der Waals surface area contributed by atoms with Crippen LogP contribution in [0.4, 0.5) is 5.69 Å². The highest BCUT2D eigenvalue weighted by atomic mass is 32.2. The topological polar surface area (TPSA) is 115 Å². The van der Waals surface area contributed by atoms with Gasteiger partial charge in [0.05, 0.1) is 24.1 Å². The molecule has 1 aromatic carbocycles. The number of aromatic nitrogens is 1. The van der Waals surface area contributed by atoms with E-state index in [0.29, 0.717) is 13.1 Å². The number of rotatable bonds is 5. The molecule has 1 unspecified atom stereocenters. The van der Waals surface area contributed by atoms with E-state index in [1.807, 2.05) is 6.07 Å². The third kappa shape index (κ3) is 3.39. The van der Waals surface area contributed by atoms with Crippen LogP contribution in [0.1, 0.15) is 11.6 Å². The molecule has 0 bridgehead atoms. The maximum absolute atomic E-state index is 13.3. The van der Waals surface area contributed by atoms with Gasteiger partial charge in [0, 0.05) is 38.1 Å². The number of pyridine rings is 1. The van der Waals surface area contributed by atoms with Crippen molar-refractivity contribution in [3.05, 3.63) is 58.4 Å². The summed E-state index contributed by atoms with van der Waals surface area (Å²) in [5.74, 6) is -0.0531. The highest BCUT2D eigenvalue weighted by molar-refractivity contribution is 7.89. The molecule has 2 heterocycles. The maximum Gasteiger partial charge on any atom is 0.273 e. The molecule has 0 spiro atoms. The van der Waals surface area contributed by atoms with Crippen LogP contribution in [0.2, 0.25) is 0 Å². The number of nitrogens with zero attached hydrogens (tertiary/aromatic N) is 3. The number of nitro groups is 1. The van der Waals surface area contributed by atoms with E-state index in [2.05, 4.69) is 10.3 Å². The molecule has 1 saturated heterocycles. The second-order valence-corrected chi connectivity index (χ2v) is 7.57. The van der Waals surface area contributed by atoms with Crippen molar-refractivity contribution in [1.29, 1.82) is 0 Å². The van der Waals surface area contributed by atoms with Crippen LogP contribution in [-0.2, 0) is 10.0 Å². The molecule has 1 aliphatic heterocycles. The number of hydrogen-bond donors (Lipinski definition) is 1. The van der Waals surface area contributed by atoms with Gasteiger partial charge < -0.3 is 10.1 Å². The van der Waals surface area contributed by atoms with Crippen molar-refractivity contribution < 1.29 is 18.1 Å². The van der Waals surface area contributed by atoms with Crippen molar-refractivity contribution in [3.63, 3.8) is 0 Å². The highest BCUT2D eigenvalue weighted by Gasteiger charge is 2.36. The van der Waals surface area contributed by atoms with Gasteiger partial charge in [-0.05, 0) is 17.7 Å². The minimum atomic E-state index is -3.93. The predicted molar refractivity (Wildman–Crippen MR) is 93.4 cm³/mol. The Morgan fingerprint density at radius 1 is 1.38 bits per heavy atom. The Kier molecular flexibility index (Phi) is 5.16. The number of non-ortho nitro benzene ring substituents is 1. The Morgan fingerprint density at radius 3 is 2.85 bits per heavy atom. The molecule has 26 heavy (non-hydrogen) atoms. The molecular weight excluding hydrogens is 360 g/mol. The van der Waals surface area contributed by atoms with Gasteiger partial charge in [0.25, 0.3) is 5.69 Å². The van der Waals surface area contributed by atoms with Crippen molar-refractivity contribution in [2.24, 2.45) is 0 Å². The Balaban J connectivity index is 2.04. The molecule has 1 fully saturated rings. The van der Waals surface area contributed by atoms with Gasteiger partial charge in [-0.1, -0.05) is 6.07 Å². The summed E-state index contributed by atoms with van der Waals surface area (Å²) in [4.78, 5) is 14.3. The van der Waals surface area contributed by atoms with E-state index >= 15 is 0 Å². The standard InChI is InChI=1S/C16H18N4O5S/c1-25-15-9-13(20(21)22)4-5-16(15)26(23,24)19-8-7-18-11-14(19)12-3-2-6-17-10-12/h2-6,9-10,14,18H,7-8,11H2,1H3. The SMILES string of the molecule is COc1cc([N+](=O)[O-])ccc1S(=O)(=O)N1CCNCC1c1cccnc1. The molecule has 0 aliphatic carbocycles. The van der Waals surface area contributed by atoms with Gasteiger partial charge in [-0.2, -0.15) is 4.31 Å². The van der Waals surface area contributed by atoms with Crippen molar-refractivity contribution in [2.75, 3.05) is 26.7 Å². The van der Waals surface area contributed by atoms with Crippen molar-refractivity contribution >= 4 is 15.7 Å². The predicted octanol–water partition coefficient (Wildman–Crippen LogP) is 1.33. The molecule has 1 N–H and O–H groups in total. The number of benzene rings is 1. The number of ether oxygens (including phenoxy) is 1. The van der Waals surface area contributed by atoms with Crippen LogP contribution in [0.25, 0.3) is 0 Å². The summed E-state index contributed by atoms with van der Waals surface area (Å²) in [7, 11) is -2.64. The molecule has 0 radical (unpaired) electrons. The van der Waals surface area contributed by atoms with E-state index < -0.39 is 21.0 Å². The number of nitro benzene ring substituents is 1. The Bertz CT molecular complexity index is 904. The fraction of sp³-hybridized carbons (Fsp3) is 0.312.